The van der Waals surface area contributed by atoms with Crippen LogP contribution in [0, 0.1) is 35.1 Å². The second-order valence-electron chi connectivity index (χ2n) is 6.47. The summed E-state index contributed by atoms with van der Waals surface area (Å²) in [4.78, 5) is 33.0. The molecule has 1 N–H and O–H groups in total. The average Bonchev–Trinajstić information content (AvgIpc) is 2.78. The van der Waals surface area contributed by atoms with Crippen molar-refractivity contribution in [1.82, 2.24) is 0 Å². The van der Waals surface area contributed by atoms with Gasteiger partial charge < -0.3 is 10.1 Å². The molecule has 0 aromatic heterocycles. The van der Waals surface area contributed by atoms with Crippen LogP contribution >= 0.6 is 22.6 Å². The number of non-ortho nitro benzene ring substituents is 1. The van der Waals surface area contributed by atoms with Gasteiger partial charge in [0.1, 0.15) is 17.4 Å². The molecule has 0 aliphatic heterocycles. The molecule has 0 aliphatic carbocycles. The monoisotopic (exact) mass is 556 g/mol. The van der Waals surface area contributed by atoms with Crippen LogP contribution in [-0.4, -0.2) is 15.8 Å². The van der Waals surface area contributed by atoms with Crippen molar-refractivity contribution >= 4 is 51.6 Å². The Morgan fingerprint density at radius 1 is 1.03 bits per heavy atom. The van der Waals surface area contributed by atoms with E-state index in [1.807, 2.05) is 12.1 Å². The number of anilines is 1. The zero-order chi connectivity index (χ0) is 24.0. The number of nitro groups is 2. The maximum absolute atomic E-state index is 12.4. The summed E-state index contributed by atoms with van der Waals surface area (Å²) in [5.74, 6) is -0.504. The van der Waals surface area contributed by atoms with Crippen LogP contribution < -0.4 is 10.1 Å². The van der Waals surface area contributed by atoms with Crippen molar-refractivity contribution in [3.63, 3.8) is 0 Å². The zero-order valence-electron chi connectivity index (χ0n) is 16.6. The lowest BCUT2D eigenvalue weighted by molar-refractivity contribution is -0.394. The molecule has 3 aromatic rings. The van der Waals surface area contributed by atoms with Gasteiger partial charge in [-0.15, -0.1) is 0 Å². The molecule has 10 nitrogen and oxygen atoms in total. The van der Waals surface area contributed by atoms with Gasteiger partial charge in [-0.25, -0.2) is 0 Å². The van der Waals surface area contributed by atoms with Gasteiger partial charge in [0.15, 0.2) is 0 Å². The first-order valence-corrected chi connectivity index (χ1v) is 10.2. The average molecular weight is 556 g/mol. The summed E-state index contributed by atoms with van der Waals surface area (Å²) in [7, 11) is 0. The van der Waals surface area contributed by atoms with Gasteiger partial charge in [-0.1, -0.05) is 18.2 Å². The van der Waals surface area contributed by atoms with Gasteiger partial charge in [0, 0.05) is 15.3 Å². The number of hydrogen-bond acceptors (Lipinski definition) is 7. The lowest BCUT2D eigenvalue weighted by Gasteiger charge is -2.07. The van der Waals surface area contributed by atoms with Crippen LogP contribution in [0.2, 0.25) is 0 Å². The number of nitriles is 1. The molecule has 0 atom stereocenters. The van der Waals surface area contributed by atoms with E-state index >= 15 is 0 Å². The normalized spacial score (nSPS) is 10.7. The minimum atomic E-state index is -0.773. The zero-order valence-corrected chi connectivity index (χ0v) is 18.8. The minimum absolute atomic E-state index is 0.117. The van der Waals surface area contributed by atoms with E-state index in [1.165, 1.54) is 18.2 Å². The Hall–Kier alpha value is -4.31. The number of benzene rings is 3. The fourth-order valence-corrected chi connectivity index (χ4v) is 3.23. The van der Waals surface area contributed by atoms with E-state index in [1.54, 1.807) is 30.3 Å². The number of nitro benzene ring substituents is 2. The van der Waals surface area contributed by atoms with Crippen LogP contribution in [0.4, 0.5) is 17.1 Å². The van der Waals surface area contributed by atoms with E-state index in [0.29, 0.717) is 11.3 Å². The second-order valence-corrected chi connectivity index (χ2v) is 7.72. The van der Waals surface area contributed by atoms with Crippen molar-refractivity contribution in [1.29, 1.82) is 5.26 Å². The van der Waals surface area contributed by atoms with Crippen LogP contribution in [0.1, 0.15) is 5.56 Å². The summed E-state index contributed by atoms with van der Waals surface area (Å²) < 4.78 is 6.43. The summed E-state index contributed by atoms with van der Waals surface area (Å²) in [5, 5.41) is 34.1. The molecule has 0 radical (unpaired) electrons. The topological polar surface area (TPSA) is 148 Å². The maximum Gasteiger partial charge on any atom is 0.318 e. The summed E-state index contributed by atoms with van der Waals surface area (Å²) in [6.45, 7) is 0. The third kappa shape index (κ3) is 6.11. The number of nitrogens with zero attached hydrogens (tertiary/aromatic N) is 3. The molecule has 0 saturated heterocycles. The molecule has 0 unspecified atom stereocenters. The Kier molecular flexibility index (Phi) is 7.31. The Labute approximate surface area is 200 Å². The molecule has 1 amide bonds. The van der Waals surface area contributed by atoms with E-state index in [-0.39, 0.29) is 17.1 Å². The van der Waals surface area contributed by atoms with Crippen LogP contribution in [0.3, 0.4) is 0 Å². The highest BCUT2D eigenvalue weighted by Gasteiger charge is 2.21. The Bertz CT molecular complexity index is 1320. The molecular weight excluding hydrogens is 543 g/mol. The molecule has 0 bridgehead atoms. The summed E-state index contributed by atoms with van der Waals surface area (Å²) in [5.41, 5.74) is -0.0147. The highest BCUT2D eigenvalue weighted by Crippen LogP contribution is 2.34. The Balaban J connectivity index is 1.77. The van der Waals surface area contributed by atoms with Crippen LogP contribution in [0.15, 0.2) is 72.3 Å². The van der Waals surface area contributed by atoms with E-state index in [0.717, 1.165) is 21.8 Å². The lowest BCUT2D eigenvalue weighted by atomic mass is 10.1. The number of halogens is 1. The van der Waals surface area contributed by atoms with E-state index in [4.69, 9.17) is 4.74 Å². The molecule has 164 valence electrons. The third-order valence-corrected chi connectivity index (χ3v) is 4.89. The number of carbonyl (C=O) groups is 1. The molecule has 3 aromatic carbocycles. The van der Waals surface area contributed by atoms with Gasteiger partial charge >= 0.3 is 5.69 Å². The number of rotatable bonds is 7. The standard InChI is InChI=1S/C22H13IN4O6/c23-16-2-1-3-17(11-16)25-22(28)15(13-24)10-14-4-7-19(8-5-14)33-21-9-6-18(26(29)30)12-20(21)27(31)32/h1-12H,(H,25,28)/b15-10+. The smallest absolute Gasteiger partial charge is 0.318 e. The number of amides is 1. The summed E-state index contributed by atoms with van der Waals surface area (Å²) in [6, 6.07) is 18.1. The van der Waals surface area contributed by atoms with E-state index in [9.17, 15) is 30.3 Å². The van der Waals surface area contributed by atoms with E-state index in [2.05, 4.69) is 27.9 Å². The minimum Gasteiger partial charge on any atom is -0.450 e. The SMILES string of the molecule is N#C/C(=C\c1ccc(Oc2ccc([N+](=O)[O-])cc2[N+](=O)[O-])cc1)C(=O)Nc1cccc(I)c1. The Morgan fingerprint density at radius 3 is 2.36 bits per heavy atom. The van der Waals surface area contributed by atoms with Gasteiger partial charge in [-0.3, -0.25) is 25.0 Å². The molecular formula is C22H13IN4O6. The molecule has 33 heavy (non-hydrogen) atoms. The van der Waals surface area contributed by atoms with Crippen LogP contribution in [0.25, 0.3) is 6.08 Å². The van der Waals surface area contributed by atoms with Crippen molar-refractivity contribution < 1.29 is 19.4 Å². The molecule has 0 fully saturated rings. The highest BCUT2D eigenvalue weighted by molar-refractivity contribution is 14.1. The first kappa shape index (κ1) is 23.4. The molecule has 3 rings (SSSR count). The van der Waals surface area contributed by atoms with Crippen LogP contribution in [0.5, 0.6) is 11.5 Å². The van der Waals surface area contributed by atoms with Gasteiger partial charge in [0.25, 0.3) is 11.6 Å². The quantitative estimate of drug-likeness (QED) is 0.134. The van der Waals surface area contributed by atoms with Crippen LogP contribution in [-0.2, 0) is 4.79 Å². The van der Waals surface area contributed by atoms with E-state index < -0.39 is 27.1 Å². The number of nitrogens with one attached hydrogen (secondary N) is 1. The van der Waals surface area contributed by atoms with Crippen molar-refractivity contribution in [2.75, 3.05) is 5.32 Å². The predicted octanol–water partition coefficient (Wildman–Crippen LogP) is 5.45. The summed E-state index contributed by atoms with van der Waals surface area (Å²) >= 11 is 2.11. The molecule has 11 heteroatoms. The van der Waals surface area contributed by atoms with Crippen molar-refractivity contribution in [2.24, 2.45) is 0 Å². The number of hydrogen-bond donors (Lipinski definition) is 1. The molecule has 0 aliphatic rings. The highest BCUT2D eigenvalue weighted by atomic mass is 127. The molecule has 0 saturated carbocycles. The maximum atomic E-state index is 12.4. The van der Waals surface area contributed by atoms with Crippen molar-refractivity contribution in [3.8, 4) is 17.6 Å². The fourth-order valence-electron chi connectivity index (χ4n) is 2.69. The lowest BCUT2D eigenvalue weighted by Crippen LogP contribution is -2.13. The van der Waals surface area contributed by atoms with Gasteiger partial charge in [0.2, 0.25) is 5.75 Å². The number of ether oxygens (including phenoxy) is 1. The van der Waals surface area contributed by atoms with Gasteiger partial charge in [-0.2, -0.15) is 5.26 Å². The van der Waals surface area contributed by atoms with Gasteiger partial charge in [0.05, 0.1) is 15.9 Å². The largest absolute Gasteiger partial charge is 0.450 e. The fraction of sp³-hybridized carbons (Fsp3) is 0. The molecule has 0 spiro atoms. The first-order chi connectivity index (χ1) is 15.8. The Morgan fingerprint density at radius 2 is 1.76 bits per heavy atom. The summed E-state index contributed by atoms with van der Waals surface area (Å²) in [6.07, 6.45) is 1.39. The molecule has 0 heterocycles. The first-order valence-electron chi connectivity index (χ1n) is 9.16. The van der Waals surface area contributed by atoms with Crippen molar-refractivity contribution in [3.05, 3.63) is 102 Å². The number of carbonyl (C=O) groups excluding carboxylic acids is 1. The predicted molar refractivity (Wildman–Crippen MR) is 128 cm³/mol. The second kappa shape index (κ2) is 10.3. The third-order valence-electron chi connectivity index (χ3n) is 4.22. The van der Waals surface area contributed by atoms with Crippen molar-refractivity contribution in [2.45, 2.75) is 0 Å². The van der Waals surface area contributed by atoms with Gasteiger partial charge in [-0.05, 0) is 70.6 Å².